The molecular weight excluding hydrogens is 296 g/mol. The fraction of sp³-hybridized carbons (Fsp3) is 0.182. The Morgan fingerprint density at radius 1 is 1.47 bits per heavy atom. The SMILES string of the molecule is CCOC(=O)c1nnn(-c2cccc(Cl)c2F)c1Cl. The van der Waals surface area contributed by atoms with E-state index in [9.17, 15) is 9.18 Å². The number of benzene rings is 1. The number of hydrogen-bond donors (Lipinski definition) is 0. The molecule has 1 aromatic heterocycles. The fourth-order valence-corrected chi connectivity index (χ4v) is 1.81. The van der Waals surface area contributed by atoms with Crippen LogP contribution in [-0.2, 0) is 4.74 Å². The predicted octanol–water partition coefficient (Wildman–Crippen LogP) is 2.89. The third-order valence-electron chi connectivity index (χ3n) is 2.24. The van der Waals surface area contributed by atoms with E-state index in [1.807, 2.05) is 0 Å². The molecule has 0 saturated carbocycles. The lowest BCUT2D eigenvalue weighted by Gasteiger charge is -2.04. The lowest BCUT2D eigenvalue weighted by Crippen LogP contribution is -2.06. The van der Waals surface area contributed by atoms with Crippen molar-refractivity contribution in [2.75, 3.05) is 6.61 Å². The molecule has 1 heterocycles. The highest BCUT2D eigenvalue weighted by atomic mass is 35.5. The molecule has 0 radical (unpaired) electrons. The predicted molar refractivity (Wildman–Crippen MR) is 67.3 cm³/mol. The first kappa shape index (κ1) is 13.8. The minimum Gasteiger partial charge on any atom is -0.461 e. The summed E-state index contributed by atoms with van der Waals surface area (Å²) in [5.74, 6) is -1.42. The monoisotopic (exact) mass is 303 g/mol. The molecule has 0 fully saturated rings. The average molecular weight is 304 g/mol. The van der Waals surface area contributed by atoms with Crippen LogP contribution in [0.5, 0.6) is 0 Å². The van der Waals surface area contributed by atoms with Gasteiger partial charge in [0.05, 0.1) is 11.6 Å². The standard InChI is InChI=1S/C11H8Cl2FN3O2/c1-2-19-11(18)9-10(13)17(16-15-9)7-5-3-4-6(12)8(7)14/h3-5H,2H2,1H3. The summed E-state index contributed by atoms with van der Waals surface area (Å²) in [7, 11) is 0. The van der Waals surface area contributed by atoms with Crippen molar-refractivity contribution >= 4 is 29.2 Å². The highest BCUT2D eigenvalue weighted by Gasteiger charge is 2.22. The minimum atomic E-state index is -0.721. The van der Waals surface area contributed by atoms with Crippen LogP contribution in [-0.4, -0.2) is 27.6 Å². The third-order valence-corrected chi connectivity index (χ3v) is 2.87. The van der Waals surface area contributed by atoms with Crippen LogP contribution in [0.4, 0.5) is 4.39 Å². The molecule has 8 heteroatoms. The number of halogens is 3. The molecule has 0 aliphatic carbocycles. The Morgan fingerprint density at radius 2 is 2.21 bits per heavy atom. The highest BCUT2D eigenvalue weighted by Crippen LogP contribution is 2.24. The quantitative estimate of drug-likeness (QED) is 0.818. The van der Waals surface area contributed by atoms with Crippen LogP contribution in [0.25, 0.3) is 5.69 Å². The molecule has 0 N–H and O–H groups in total. The van der Waals surface area contributed by atoms with Gasteiger partial charge in [0.15, 0.2) is 11.0 Å². The first-order valence-corrected chi connectivity index (χ1v) is 6.04. The Kier molecular flexibility index (Phi) is 4.01. The summed E-state index contributed by atoms with van der Waals surface area (Å²) in [5.41, 5.74) is -0.177. The van der Waals surface area contributed by atoms with E-state index in [0.29, 0.717) is 0 Å². The Bertz CT molecular complexity index is 630. The van der Waals surface area contributed by atoms with E-state index in [0.717, 1.165) is 4.68 Å². The first-order chi connectivity index (χ1) is 9.06. The van der Waals surface area contributed by atoms with Crippen molar-refractivity contribution in [3.05, 3.63) is 39.9 Å². The Labute approximate surface area is 117 Å². The second kappa shape index (κ2) is 5.54. The summed E-state index contributed by atoms with van der Waals surface area (Å²) in [6.07, 6.45) is 0. The van der Waals surface area contributed by atoms with Gasteiger partial charge in [-0.25, -0.2) is 9.18 Å². The van der Waals surface area contributed by atoms with E-state index in [2.05, 4.69) is 10.3 Å². The van der Waals surface area contributed by atoms with Crippen LogP contribution in [0, 0.1) is 5.82 Å². The van der Waals surface area contributed by atoms with E-state index in [4.69, 9.17) is 27.9 Å². The van der Waals surface area contributed by atoms with Gasteiger partial charge in [0.2, 0.25) is 5.69 Å². The second-order valence-corrected chi connectivity index (χ2v) is 4.20. The van der Waals surface area contributed by atoms with E-state index in [1.54, 1.807) is 6.92 Å². The average Bonchev–Trinajstić information content (AvgIpc) is 2.75. The lowest BCUT2D eigenvalue weighted by atomic mass is 10.3. The zero-order valence-corrected chi connectivity index (χ0v) is 11.2. The Hall–Kier alpha value is -1.66. The van der Waals surface area contributed by atoms with E-state index < -0.39 is 11.8 Å². The summed E-state index contributed by atoms with van der Waals surface area (Å²) < 4.78 is 19.6. The number of carbonyl (C=O) groups is 1. The van der Waals surface area contributed by atoms with Gasteiger partial charge in [-0.3, -0.25) is 0 Å². The van der Waals surface area contributed by atoms with E-state index >= 15 is 0 Å². The molecule has 0 atom stereocenters. The van der Waals surface area contributed by atoms with Crippen molar-refractivity contribution < 1.29 is 13.9 Å². The number of rotatable bonds is 3. The molecule has 0 amide bonds. The summed E-state index contributed by atoms with van der Waals surface area (Å²) in [6.45, 7) is 1.82. The molecule has 0 saturated heterocycles. The molecule has 0 spiro atoms. The third kappa shape index (κ3) is 2.54. The van der Waals surface area contributed by atoms with Gasteiger partial charge < -0.3 is 4.74 Å². The van der Waals surface area contributed by atoms with Gasteiger partial charge in [-0.2, -0.15) is 4.68 Å². The topological polar surface area (TPSA) is 57.0 Å². The molecule has 0 aliphatic rings. The first-order valence-electron chi connectivity index (χ1n) is 5.29. The van der Waals surface area contributed by atoms with Gasteiger partial charge in [0.25, 0.3) is 0 Å². The normalized spacial score (nSPS) is 10.5. The molecule has 19 heavy (non-hydrogen) atoms. The Morgan fingerprint density at radius 3 is 2.89 bits per heavy atom. The maximum Gasteiger partial charge on any atom is 0.362 e. The van der Waals surface area contributed by atoms with Crippen LogP contribution in [0.1, 0.15) is 17.4 Å². The smallest absolute Gasteiger partial charge is 0.362 e. The van der Waals surface area contributed by atoms with Gasteiger partial charge in [0, 0.05) is 0 Å². The van der Waals surface area contributed by atoms with Gasteiger partial charge >= 0.3 is 5.97 Å². The van der Waals surface area contributed by atoms with Crippen molar-refractivity contribution in [3.8, 4) is 5.69 Å². The molecule has 2 aromatic rings. The summed E-state index contributed by atoms with van der Waals surface area (Å²) in [4.78, 5) is 11.5. The molecule has 5 nitrogen and oxygen atoms in total. The van der Waals surface area contributed by atoms with E-state index in [-0.39, 0.29) is 28.2 Å². The van der Waals surface area contributed by atoms with Crippen molar-refractivity contribution in [1.82, 2.24) is 15.0 Å². The number of esters is 1. The lowest BCUT2D eigenvalue weighted by molar-refractivity contribution is 0.0519. The van der Waals surface area contributed by atoms with Gasteiger partial charge in [0.1, 0.15) is 5.69 Å². The maximum absolute atomic E-state index is 13.8. The van der Waals surface area contributed by atoms with Crippen LogP contribution in [0.3, 0.4) is 0 Å². The largest absolute Gasteiger partial charge is 0.461 e. The van der Waals surface area contributed by atoms with Crippen molar-refractivity contribution in [1.29, 1.82) is 0 Å². The minimum absolute atomic E-state index is 0.000508. The Balaban J connectivity index is 2.48. The van der Waals surface area contributed by atoms with Crippen LogP contribution >= 0.6 is 23.2 Å². The number of ether oxygens (including phenoxy) is 1. The van der Waals surface area contributed by atoms with Crippen LogP contribution in [0.2, 0.25) is 10.2 Å². The second-order valence-electron chi connectivity index (χ2n) is 3.43. The molecule has 0 unspecified atom stereocenters. The fourth-order valence-electron chi connectivity index (χ4n) is 1.40. The van der Waals surface area contributed by atoms with E-state index in [1.165, 1.54) is 18.2 Å². The molecule has 2 rings (SSSR count). The summed E-state index contributed by atoms with van der Waals surface area (Å²) in [6, 6.07) is 4.33. The number of aromatic nitrogens is 3. The number of carbonyl (C=O) groups excluding carboxylic acids is 1. The van der Waals surface area contributed by atoms with Crippen LogP contribution < -0.4 is 0 Å². The molecule has 100 valence electrons. The number of nitrogens with zero attached hydrogens (tertiary/aromatic N) is 3. The van der Waals surface area contributed by atoms with Crippen LogP contribution in [0.15, 0.2) is 18.2 Å². The van der Waals surface area contributed by atoms with Gasteiger partial charge in [-0.1, -0.05) is 34.5 Å². The molecular formula is C11H8Cl2FN3O2. The summed E-state index contributed by atoms with van der Waals surface area (Å²) in [5, 5.41) is 6.98. The zero-order valence-electron chi connectivity index (χ0n) is 9.73. The highest BCUT2D eigenvalue weighted by molar-refractivity contribution is 6.32. The summed E-state index contributed by atoms with van der Waals surface area (Å²) >= 11 is 11.6. The van der Waals surface area contributed by atoms with Gasteiger partial charge in [-0.05, 0) is 19.1 Å². The molecule has 0 bridgehead atoms. The number of hydrogen-bond acceptors (Lipinski definition) is 4. The zero-order chi connectivity index (χ0) is 14.0. The van der Waals surface area contributed by atoms with Crippen molar-refractivity contribution in [2.45, 2.75) is 6.92 Å². The maximum atomic E-state index is 13.8. The van der Waals surface area contributed by atoms with Crippen molar-refractivity contribution in [2.24, 2.45) is 0 Å². The van der Waals surface area contributed by atoms with Gasteiger partial charge in [-0.15, -0.1) is 5.10 Å². The molecule has 0 aliphatic heterocycles. The molecule has 1 aromatic carbocycles. The van der Waals surface area contributed by atoms with Crippen molar-refractivity contribution in [3.63, 3.8) is 0 Å².